The monoisotopic (exact) mass is 524 g/mol. The molecule has 3 amide bonds. The molecule has 9 heteroatoms. The molecule has 2 aromatic carbocycles. The van der Waals surface area contributed by atoms with Crippen molar-refractivity contribution in [1.82, 2.24) is 0 Å². The maximum absolute atomic E-state index is 13.1. The highest BCUT2D eigenvalue weighted by molar-refractivity contribution is 6.44. The van der Waals surface area contributed by atoms with E-state index in [0.29, 0.717) is 22.0 Å². The number of esters is 1. The Balaban J connectivity index is 1.16. The van der Waals surface area contributed by atoms with E-state index in [1.807, 2.05) is 0 Å². The number of anilines is 2. The normalized spacial score (nSPS) is 28.4. The van der Waals surface area contributed by atoms with E-state index in [1.54, 1.807) is 43.3 Å². The number of aryl methyl sites for hydroxylation is 1. The first-order valence-electron chi connectivity index (χ1n) is 11.9. The van der Waals surface area contributed by atoms with Gasteiger partial charge in [0.25, 0.3) is 0 Å². The van der Waals surface area contributed by atoms with Crippen LogP contribution in [-0.4, -0.2) is 30.2 Å². The molecular weight excluding hydrogens is 503 g/mol. The van der Waals surface area contributed by atoms with E-state index >= 15 is 0 Å². The predicted octanol–water partition coefficient (Wildman–Crippen LogP) is 4.57. The third-order valence-electron chi connectivity index (χ3n) is 7.78. The summed E-state index contributed by atoms with van der Waals surface area (Å²) in [5.74, 6) is -1.76. The molecule has 7 nitrogen and oxygen atoms in total. The maximum atomic E-state index is 13.1. The predicted molar refractivity (Wildman–Crippen MR) is 134 cm³/mol. The summed E-state index contributed by atoms with van der Waals surface area (Å²) in [6.45, 7) is 1.90. The Morgan fingerprint density at radius 3 is 2.33 bits per heavy atom. The molecule has 3 fully saturated rings. The SMILES string of the molecule is Cc1cc(OC(=O)[C@@H]2CC(=O)N(c3cccc(Cl)c3Cl)C2)ccc1N1C(=O)[C@@H]2[C@@H](C1=O)[C@H]1C=C[C@H]2C1. The number of fused-ring (bicyclic) bond motifs is 5. The summed E-state index contributed by atoms with van der Waals surface area (Å²) >= 11 is 12.3. The molecule has 1 saturated carbocycles. The lowest BCUT2D eigenvalue weighted by Crippen LogP contribution is -2.33. The van der Waals surface area contributed by atoms with E-state index in [2.05, 4.69) is 12.2 Å². The van der Waals surface area contributed by atoms with Gasteiger partial charge in [-0.2, -0.15) is 0 Å². The lowest BCUT2D eigenvalue weighted by atomic mass is 9.85. The molecule has 2 heterocycles. The quantitative estimate of drug-likeness (QED) is 0.253. The highest BCUT2D eigenvalue weighted by Crippen LogP contribution is 2.53. The third-order valence-corrected chi connectivity index (χ3v) is 8.59. The molecule has 0 aromatic heterocycles. The minimum Gasteiger partial charge on any atom is -0.426 e. The second kappa shape index (κ2) is 8.46. The molecule has 2 aliphatic heterocycles. The van der Waals surface area contributed by atoms with Gasteiger partial charge in [0, 0.05) is 13.0 Å². The Labute approximate surface area is 217 Å². The molecule has 2 aromatic rings. The summed E-state index contributed by atoms with van der Waals surface area (Å²) in [6, 6.07) is 9.85. The van der Waals surface area contributed by atoms with Gasteiger partial charge in [0.2, 0.25) is 17.7 Å². The molecule has 184 valence electrons. The fraction of sp³-hybridized carbons (Fsp3) is 0.333. The van der Waals surface area contributed by atoms with Crippen LogP contribution in [0, 0.1) is 36.5 Å². The molecule has 2 aliphatic carbocycles. The van der Waals surface area contributed by atoms with E-state index in [9.17, 15) is 19.2 Å². The van der Waals surface area contributed by atoms with Crippen molar-refractivity contribution in [1.29, 1.82) is 0 Å². The number of imide groups is 1. The van der Waals surface area contributed by atoms with Gasteiger partial charge in [-0.3, -0.25) is 19.2 Å². The number of carbonyl (C=O) groups excluding carboxylic acids is 4. The van der Waals surface area contributed by atoms with Crippen LogP contribution in [0.2, 0.25) is 10.0 Å². The summed E-state index contributed by atoms with van der Waals surface area (Å²) < 4.78 is 5.58. The Kier molecular flexibility index (Phi) is 5.46. The molecule has 0 radical (unpaired) electrons. The van der Waals surface area contributed by atoms with Crippen LogP contribution in [0.3, 0.4) is 0 Å². The van der Waals surface area contributed by atoms with Crippen molar-refractivity contribution >= 4 is 58.3 Å². The summed E-state index contributed by atoms with van der Waals surface area (Å²) in [5.41, 5.74) is 1.62. The van der Waals surface area contributed by atoms with Crippen LogP contribution < -0.4 is 14.5 Å². The van der Waals surface area contributed by atoms with Gasteiger partial charge in [0.05, 0.1) is 39.2 Å². The van der Waals surface area contributed by atoms with Crippen molar-refractivity contribution < 1.29 is 23.9 Å². The Bertz CT molecular complexity index is 1340. The summed E-state index contributed by atoms with van der Waals surface area (Å²) in [7, 11) is 0. The number of hydrogen-bond acceptors (Lipinski definition) is 5. The second-order valence-corrected chi connectivity index (χ2v) is 10.6. The number of halogens is 2. The van der Waals surface area contributed by atoms with Gasteiger partial charge >= 0.3 is 5.97 Å². The van der Waals surface area contributed by atoms with Gasteiger partial charge < -0.3 is 9.64 Å². The van der Waals surface area contributed by atoms with Crippen molar-refractivity contribution in [3.05, 3.63) is 64.2 Å². The summed E-state index contributed by atoms with van der Waals surface area (Å²) in [5, 5.41) is 0.581. The fourth-order valence-electron chi connectivity index (χ4n) is 6.08. The molecule has 0 unspecified atom stereocenters. The van der Waals surface area contributed by atoms with Gasteiger partial charge in [0.1, 0.15) is 5.75 Å². The molecule has 36 heavy (non-hydrogen) atoms. The van der Waals surface area contributed by atoms with Gasteiger partial charge in [-0.05, 0) is 61.1 Å². The molecule has 0 N–H and O–H groups in total. The molecule has 2 saturated heterocycles. The average molecular weight is 525 g/mol. The number of carbonyl (C=O) groups is 4. The van der Waals surface area contributed by atoms with E-state index in [0.717, 1.165) is 6.42 Å². The number of rotatable bonds is 4. The van der Waals surface area contributed by atoms with Crippen LogP contribution in [0.4, 0.5) is 11.4 Å². The third kappa shape index (κ3) is 3.48. The lowest BCUT2D eigenvalue weighted by Gasteiger charge is -2.20. The van der Waals surface area contributed by atoms with Gasteiger partial charge in [-0.25, -0.2) is 4.90 Å². The summed E-state index contributed by atoms with van der Waals surface area (Å²) in [4.78, 5) is 54.5. The van der Waals surface area contributed by atoms with Crippen LogP contribution in [0.5, 0.6) is 5.75 Å². The smallest absolute Gasteiger partial charge is 0.316 e. The minimum absolute atomic E-state index is 0.00529. The van der Waals surface area contributed by atoms with Crippen molar-refractivity contribution in [2.24, 2.45) is 29.6 Å². The zero-order valence-corrected chi connectivity index (χ0v) is 20.8. The molecule has 5 atom stereocenters. The molecule has 4 aliphatic rings. The Morgan fingerprint density at radius 2 is 1.67 bits per heavy atom. The van der Waals surface area contributed by atoms with Crippen LogP contribution in [0.25, 0.3) is 0 Å². The number of hydrogen-bond donors (Lipinski definition) is 0. The second-order valence-electron chi connectivity index (χ2n) is 9.86. The molecular formula is C27H22Cl2N2O5. The zero-order chi connectivity index (χ0) is 25.3. The topological polar surface area (TPSA) is 84.0 Å². The standard InChI is InChI=1S/C27H22Cl2N2O5/c1-13-9-17(7-8-19(13)31-25(33)22-14-5-6-15(10-14)23(22)26(31)34)36-27(35)16-11-21(32)30(12-16)20-4-2-3-18(28)24(20)29/h2-9,14-16,22-23H,10-12H2,1H3/t14-,15-,16+,22-,23-/m0/s1. The van der Waals surface area contributed by atoms with Crippen LogP contribution in [0.15, 0.2) is 48.6 Å². The van der Waals surface area contributed by atoms with Gasteiger partial charge in [-0.1, -0.05) is 41.4 Å². The average Bonchev–Trinajstić information content (AvgIpc) is 3.60. The number of nitrogens with zero attached hydrogens (tertiary/aromatic N) is 2. The lowest BCUT2D eigenvalue weighted by molar-refractivity contribution is -0.139. The highest BCUT2D eigenvalue weighted by atomic mass is 35.5. The Hall–Kier alpha value is -3.16. The highest BCUT2D eigenvalue weighted by Gasteiger charge is 2.59. The van der Waals surface area contributed by atoms with Crippen molar-refractivity contribution in [3.63, 3.8) is 0 Å². The largest absolute Gasteiger partial charge is 0.426 e. The van der Waals surface area contributed by atoms with E-state index in [1.165, 1.54) is 9.80 Å². The summed E-state index contributed by atoms with van der Waals surface area (Å²) in [6.07, 6.45) is 4.99. The van der Waals surface area contributed by atoms with Crippen LogP contribution in [0.1, 0.15) is 18.4 Å². The van der Waals surface area contributed by atoms with E-state index < -0.39 is 11.9 Å². The number of amides is 3. The number of ether oxygens (including phenoxy) is 1. The van der Waals surface area contributed by atoms with Crippen LogP contribution in [-0.2, 0) is 19.2 Å². The number of allylic oxidation sites excluding steroid dienone is 2. The van der Waals surface area contributed by atoms with Gasteiger partial charge in [0.15, 0.2) is 0 Å². The first kappa shape index (κ1) is 23.3. The number of benzene rings is 2. The van der Waals surface area contributed by atoms with Crippen LogP contribution >= 0.6 is 23.2 Å². The first-order chi connectivity index (χ1) is 17.2. The van der Waals surface area contributed by atoms with Crippen molar-refractivity contribution in [2.75, 3.05) is 16.3 Å². The molecule has 2 bridgehead atoms. The first-order valence-corrected chi connectivity index (χ1v) is 12.6. The zero-order valence-electron chi connectivity index (χ0n) is 19.3. The Morgan fingerprint density at radius 1 is 0.972 bits per heavy atom. The maximum Gasteiger partial charge on any atom is 0.316 e. The van der Waals surface area contributed by atoms with Gasteiger partial charge in [-0.15, -0.1) is 0 Å². The fourth-order valence-corrected chi connectivity index (χ4v) is 6.48. The van der Waals surface area contributed by atoms with E-state index in [-0.39, 0.29) is 65.1 Å². The molecule has 6 rings (SSSR count). The molecule has 0 spiro atoms. The van der Waals surface area contributed by atoms with Crippen molar-refractivity contribution in [2.45, 2.75) is 19.8 Å². The van der Waals surface area contributed by atoms with Crippen molar-refractivity contribution in [3.8, 4) is 5.75 Å². The minimum atomic E-state index is -0.670. The van der Waals surface area contributed by atoms with E-state index in [4.69, 9.17) is 27.9 Å².